The van der Waals surface area contributed by atoms with Gasteiger partial charge in [0.05, 0.1) is 11.6 Å². The Bertz CT molecular complexity index is 519. The molecule has 2 aromatic rings. The van der Waals surface area contributed by atoms with Crippen molar-refractivity contribution in [3.05, 3.63) is 59.4 Å². The van der Waals surface area contributed by atoms with Crippen LogP contribution in [0, 0.1) is 0 Å². The molecule has 0 radical (unpaired) electrons. The highest BCUT2D eigenvalue weighted by Crippen LogP contribution is 2.16. The molecule has 0 amide bonds. The molecule has 20 heavy (non-hydrogen) atoms. The summed E-state index contributed by atoms with van der Waals surface area (Å²) in [7, 11) is 1.96. The molecule has 3 nitrogen and oxygen atoms in total. The van der Waals surface area contributed by atoms with Gasteiger partial charge in [0.25, 0.3) is 0 Å². The van der Waals surface area contributed by atoms with Gasteiger partial charge in [-0.25, -0.2) is 0 Å². The number of nitrogens with zero attached hydrogens (tertiary/aromatic N) is 1. The number of benzene rings is 1. The Morgan fingerprint density at radius 1 is 1.25 bits per heavy atom. The van der Waals surface area contributed by atoms with Crippen molar-refractivity contribution in [3.8, 4) is 5.75 Å². The van der Waals surface area contributed by atoms with Crippen LogP contribution in [-0.2, 0) is 6.42 Å². The van der Waals surface area contributed by atoms with E-state index in [-0.39, 0.29) is 0 Å². The fourth-order valence-electron chi connectivity index (χ4n) is 2.02. The molecule has 1 heterocycles. The minimum atomic E-state index is 0.332. The summed E-state index contributed by atoms with van der Waals surface area (Å²) in [4.78, 5) is 4.00. The van der Waals surface area contributed by atoms with Crippen LogP contribution in [0.25, 0.3) is 0 Å². The molecule has 0 aliphatic carbocycles. The molecule has 0 saturated carbocycles. The molecule has 2 rings (SSSR count). The average Bonchev–Trinajstić information content (AvgIpc) is 2.49. The number of hydrogen-bond donors (Lipinski definition) is 1. The smallest absolute Gasteiger partial charge is 0.119 e. The molecule has 0 bridgehead atoms. The maximum Gasteiger partial charge on any atom is 0.119 e. The molecule has 0 saturated heterocycles. The van der Waals surface area contributed by atoms with Gasteiger partial charge in [-0.2, -0.15) is 0 Å². The predicted molar refractivity (Wildman–Crippen MR) is 82.4 cm³/mol. The number of para-hydroxylation sites is 1. The Hall–Kier alpha value is -1.58. The van der Waals surface area contributed by atoms with E-state index in [0.717, 1.165) is 29.2 Å². The van der Waals surface area contributed by atoms with E-state index >= 15 is 0 Å². The van der Waals surface area contributed by atoms with Gasteiger partial charge >= 0.3 is 0 Å². The zero-order chi connectivity index (χ0) is 14.2. The van der Waals surface area contributed by atoms with Crippen molar-refractivity contribution in [3.63, 3.8) is 0 Å². The van der Waals surface area contributed by atoms with Gasteiger partial charge in [-0.1, -0.05) is 29.8 Å². The second-order valence-corrected chi connectivity index (χ2v) is 5.01. The van der Waals surface area contributed by atoms with Crippen molar-refractivity contribution in [1.29, 1.82) is 0 Å². The minimum Gasteiger partial charge on any atom is -0.494 e. The molecule has 0 aliphatic rings. The summed E-state index contributed by atoms with van der Waals surface area (Å²) in [6, 6.07) is 12.2. The van der Waals surface area contributed by atoms with Gasteiger partial charge in [-0.15, -0.1) is 0 Å². The molecular weight excluding hydrogens is 272 g/mol. The molecule has 0 aliphatic heterocycles. The minimum absolute atomic E-state index is 0.332. The van der Waals surface area contributed by atoms with Gasteiger partial charge in [0, 0.05) is 18.4 Å². The summed E-state index contributed by atoms with van der Waals surface area (Å²) in [6.45, 7) is 0.679. The molecule has 0 spiro atoms. The summed E-state index contributed by atoms with van der Waals surface area (Å²) >= 11 is 6.13. The Kier molecular flexibility index (Phi) is 5.84. The number of likely N-dealkylation sites (N-methyl/N-ethyl adjacent to an activating group) is 1. The van der Waals surface area contributed by atoms with Crippen LogP contribution in [0.15, 0.2) is 48.8 Å². The third-order valence-electron chi connectivity index (χ3n) is 3.21. The highest BCUT2D eigenvalue weighted by Gasteiger charge is 2.10. The first-order chi connectivity index (χ1) is 9.79. The second-order valence-electron chi connectivity index (χ2n) is 4.61. The van der Waals surface area contributed by atoms with Gasteiger partial charge < -0.3 is 10.1 Å². The summed E-state index contributed by atoms with van der Waals surface area (Å²) in [5.41, 5.74) is 1.11. The van der Waals surface area contributed by atoms with Gasteiger partial charge in [0.15, 0.2) is 0 Å². The third-order valence-corrected chi connectivity index (χ3v) is 3.55. The molecule has 4 heteroatoms. The molecule has 0 fully saturated rings. The first-order valence-corrected chi connectivity index (χ1v) is 7.11. The van der Waals surface area contributed by atoms with E-state index < -0.39 is 0 Å². The lowest BCUT2D eigenvalue weighted by Gasteiger charge is -2.17. The normalized spacial score (nSPS) is 12.1. The molecule has 1 unspecified atom stereocenters. The average molecular weight is 291 g/mol. The van der Waals surface area contributed by atoms with Crippen LogP contribution < -0.4 is 10.1 Å². The van der Waals surface area contributed by atoms with E-state index in [9.17, 15) is 0 Å². The maximum absolute atomic E-state index is 6.13. The van der Waals surface area contributed by atoms with Gasteiger partial charge in [0.2, 0.25) is 0 Å². The number of halogens is 1. The van der Waals surface area contributed by atoms with Gasteiger partial charge in [-0.05, 0) is 43.7 Å². The molecule has 1 aromatic heterocycles. The standard InChI is InChI=1S/C16H19ClN2O/c1-18-14(11-13-7-9-19-12-16(13)17)8-10-20-15-5-3-2-4-6-15/h2-7,9,12,14,18H,8,10-11H2,1H3. The van der Waals surface area contributed by atoms with Crippen molar-refractivity contribution in [2.24, 2.45) is 0 Å². The monoisotopic (exact) mass is 290 g/mol. The molecule has 1 aromatic carbocycles. The lowest BCUT2D eigenvalue weighted by atomic mass is 10.0. The maximum atomic E-state index is 6.13. The van der Waals surface area contributed by atoms with Gasteiger partial charge in [-0.3, -0.25) is 4.98 Å². The van der Waals surface area contributed by atoms with E-state index in [2.05, 4.69) is 10.3 Å². The van der Waals surface area contributed by atoms with Crippen LogP contribution in [0.5, 0.6) is 5.75 Å². The lowest BCUT2D eigenvalue weighted by molar-refractivity contribution is 0.288. The number of pyridine rings is 1. The first kappa shape index (κ1) is 14.8. The number of rotatable bonds is 7. The number of ether oxygens (including phenoxy) is 1. The number of aromatic nitrogens is 1. The fourth-order valence-corrected chi connectivity index (χ4v) is 2.22. The van der Waals surface area contributed by atoms with Crippen LogP contribution in [-0.4, -0.2) is 24.7 Å². The summed E-state index contributed by atoms with van der Waals surface area (Å²) in [6.07, 6.45) is 5.25. The Morgan fingerprint density at radius 2 is 2.05 bits per heavy atom. The van der Waals surface area contributed by atoms with Crippen LogP contribution in [0.1, 0.15) is 12.0 Å². The molecule has 106 valence electrons. The molecular formula is C16H19ClN2O. The second kappa shape index (κ2) is 7.88. The van der Waals surface area contributed by atoms with Crippen molar-refractivity contribution >= 4 is 11.6 Å². The Morgan fingerprint density at radius 3 is 2.75 bits per heavy atom. The fraction of sp³-hybridized carbons (Fsp3) is 0.312. The highest BCUT2D eigenvalue weighted by atomic mass is 35.5. The van der Waals surface area contributed by atoms with E-state index in [1.54, 1.807) is 12.4 Å². The Balaban J connectivity index is 1.82. The molecule has 1 N–H and O–H groups in total. The number of hydrogen-bond acceptors (Lipinski definition) is 3. The predicted octanol–water partition coefficient (Wildman–Crippen LogP) is 3.33. The first-order valence-electron chi connectivity index (χ1n) is 6.73. The van der Waals surface area contributed by atoms with E-state index in [4.69, 9.17) is 16.3 Å². The third kappa shape index (κ3) is 4.51. The van der Waals surface area contributed by atoms with Crippen molar-refractivity contribution in [2.45, 2.75) is 18.9 Å². The SMILES string of the molecule is CNC(CCOc1ccccc1)Cc1ccncc1Cl. The summed E-state index contributed by atoms with van der Waals surface area (Å²) in [5.74, 6) is 0.907. The zero-order valence-corrected chi connectivity index (χ0v) is 12.3. The van der Waals surface area contributed by atoms with Crippen LogP contribution in [0.4, 0.5) is 0 Å². The van der Waals surface area contributed by atoms with E-state index in [0.29, 0.717) is 12.6 Å². The highest BCUT2D eigenvalue weighted by molar-refractivity contribution is 6.31. The van der Waals surface area contributed by atoms with Crippen molar-refractivity contribution in [2.75, 3.05) is 13.7 Å². The van der Waals surface area contributed by atoms with E-state index in [1.807, 2.05) is 43.4 Å². The lowest BCUT2D eigenvalue weighted by Crippen LogP contribution is -2.29. The van der Waals surface area contributed by atoms with Crippen molar-refractivity contribution in [1.82, 2.24) is 10.3 Å². The zero-order valence-electron chi connectivity index (χ0n) is 11.6. The quantitative estimate of drug-likeness (QED) is 0.849. The van der Waals surface area contributed by atoms with E-state index in [1.165, 1.54) is 0 Å². The largest absolute Gasteiger partial charge is 0.494 e. The van der Waals surface area contributed by atoms with Gasteiger partial charge in [0.1, 0.15) is 5.75 Å². The number of nitrogens with one attached hydrogen (secondary N) is 1. The summed E-state index contributed by atoms with van der Waals surface area (Å²) < 4.78 is 5.72. The van der Waals surface area contributed by atoms with Crippen molar-refractivity contribution < 1.29 is 4.74 Å². The molecule has 1 atom stereocenters. The van der Waals surface area contributed by atoms with Crippen LogP contribution >= 0.6 is 11.6 Å². The van der Waals surface area contributed by atoms with Crippen LogP contribution in [0.3, 0.4) is 0 Å². The van der Waals surface area contributed by atoms with Crippen LogP contribution in [0.2, 0.25) is 5.02 Å². The summed E-state index contributed by atoms with van der Waals surface area (Å²) in [5, 5.41) is 4.02. The Labute approximate surface area is 124 Å². The topological polar surface area (TPSA) is 34.1 Å².